The van der Waals surface area contributed by atoms with Crippen molar-refractivity contribution in [1.29, 1.82) is 0 Å². The minimum absolute atomic E-state index is 0.0603. The molecule has 0 fully saturated rings. The fraction of sp³-hybridized carbons (Fsp3) is 0.0769. The van der Waals surface area contributed by atoms with E-state index < -0.39 is 5.97 Å². The van der Waals surface area contributed by atoms with E-state index in [0.29, 0.717) is 26.8 Å². The Hall–Kier alpha value is -2.18. The fourth-order valence-electron chi connectivity index (χ4n) is 1.86. The van der Waals surface area contributed by atoms with E-state index in [1.165, 1.54) is 18.0 Å². The molecule has 0 saturated carbocycles. The minimum Gasteiger partial charge on any atom is -0.463 e. The second-order valence-corrected chi connectivity index (χ2v) is 4.91. The predicted octanol–water partition coefficient (Wildman–Crippen LogP) is 2.91. The Morgan fingerprint density at radius 3 is 2.62 bits per heavy atom. The van der Waals surface area contributed by atoms with Crippen LogP contribution < -0.4 is 0 Å². The van der Waals surface area contributed by atoms with Crippen molar-refractivity contribution in [2.45, 2.75) is 0 Å². The van der Waals surface area contributed by atoms with Gasteiger partial charge < -0.3 is 4.74 Å². The molecular formula is C13H8Cl2N4O2. The molecule has 106 valence electrons. The van der Waals surface area contributed by atoms with Crippen LogP contribution in [0.3, 0.4) is 0 Å². The number of benzene rings is 1. The summed E-state index contributed by atoms with van der Waals surface area (Å²) >= 11 is 12.3. The molecule has 0 amide bonds. The van der Waals surface area contributed by atoms with Crippen LogP contribution in [-0.4, -0.2) is 32.8 Å². The molecule has 0 aliphatic heterocycles. The van der Waals surface area contributed by atoms with Crippen LogP contribution in [-0.2, 0) is 4.74 Å². The van der Waals surface area contributed by atoms with Gasteiger partial charge in [-0.25, -0.2) is 19.4 Å². The number of carbonyl (C=O) groups is 1. The van der Waals surface area contributed by atoms with E-state index in [0.717, 1.165) is 0 Å². The van der Waals surface area contributed by atoms with Crippen LogP contribution in [0.15, 0.2) is 30.6 Å². The molecule has 21 heavy (non-hydrogen) atoms. The molecule has 3 aromatic rings. The van der Waals surface area contributed by atoms with Gasteiger partial charge in [-0.1, -0.05) is 29.3 Å². The monoisotopic (exact) mass is 322 g/mol. The van der Waals surface area contributed by atoms with Crippen molar-refractivity contribution in [2.75, 3.05) is 7.11 Å². The van der Waals surface area contributed by atoms with Crippen LogP contribution in [0, 0.1) is 0 Å². The number of methoxy groups -OCH3 is 1. The van der Waals surface area contributed by atoms with Crippen molar-refractivity contribution in [2.24, 2.45) is 0 Å². The summed E-state index contributed by atoms with van der Waals surface area (Å²) in [7, 11) is 1.26. The first kappa shape index (κ1) is 13.8. The average Bonchev–Trinajstić information content (AvgIpc) is 2.89. The van der Waals surface area contributed by atoms with E-state index in [-0.39, 0.29) is 5.82 Å². The standard InChI is InChI=1S/C13H8Cl2N4O2/c1-21-13(20)11-16-5-7-6-17-19(12(7)18-11)10-8(14)3-2-4-9(10)15/h2-6H,1H3. The normalized spacial score (nSPS) is 10.8. The smallest absolute Gasteiger partial charge is 0.376 e. The predicted molar refractivity (Wildman–Crippen MR) is 78.0 cm³/mol. The highest BCUT2D eigenvalue weighted by atomic mass is 35.5. The summed E-state index contributed by atoms with van der Waals surface area (Å²) in [6.45, 7) is 0. The summed E-state index contributed by atoms with van der Waals surface area (Å²) in [5, 5.41) is 5.70. The number of rotatable bonds is 2. The number of fused-ring (bicyclic) bond motifs is 1. The van der Waals surface area contributed by atoms with E-state index in [1.54, 1.807) is 24.4 Å². The van der Waals surface area contributed by atoms with Gasteiger partial charge in [0.15, 0.2) is 5.65 Å². The number of ether oxygens (including phenoxy) is 1. The van der Waals surface area contributed by atoms with Crippen molar-refractivity contribution in [1.82, 2.24) is 19.7 Å². The van der Waals surface area contributed by atoms with Crippen molar-refractivity contribution in [3.63, 3.8) is 0 Å². The Morgan fingerprint density at radius 2 is 1.95 bits per heavy atom. The van der Waals surface area contributed by atoms with Gasteiger partial charge in [-0.05, 0) is 12.1 Å². The van der Waals surface area contributed by atoms with E-state index in [9.17, 15) is 4.79 Å². The number of esters is 1. The topological polar surface area (TPSA) is 69.9 Å². The lowest BCUT2D eigenvalue weighted by atomic mass is 10.3. The molecule has 1 aromatic carbocycles. The van der Waals surface area contributed by atoms with Crippen LogP contribution in [0.5, 0.6) is 0 Å². The van der Waals surface area contributed by atoms with E-state index in [4.69, 9.17) is 23.2 Å². The highest BCUT2D eigenvalue weighted by Gasteiger charge is 2.16. The number of carbonyl (C=O) groups excluding carboxylic acids is 1. The lowest BCUT2D eigenvalue weighted by Gasteiger charge is -2.07. The lowest BCUT2D eigenvalue weighted by molar-refractivity contribution is 0.0587. The average molecular weight is 323 g/mol. The molecule has 0 unspecified atom stereocenters. The molecule has 8 heteroatoms. The SMILES string of the molecule is COC(=O)c1ncc2cnn(-c3c(Cl)cccc3Cl)c2n1. The first-order chi connectivity index (χ1) is 10.1. The van der Waals surface area contributed by atoms with E-state index in [2.05, 4.69) is 19.8 Å². The van der Waals surface area contributed by atoms with Crippen molar-refractivity contribution in [3.05, 3.63) is 46.5 Å². The first-order valence-electron chi connectivity index (χ1n) is 5.85. The Balaban J connectivity index is 2.26. The minimum atomic E-state index is -0.630. The van der Waals surface area contributed by atoms with Gasteiger partial charge in [0.1, 0.15) is 5.69 Å². The summed E-state index contributed by atoms with van der Waals surface area (Å²) in [5.41, 5.74) is 0.908. The molecule has 2 heterocycles. The highest BCUT2D eigenvalue weighted by molar-refractivity contribution is 6.37. The number of halogens is 2. The zero-order valence-electron chi connectivity index (χ0n) is 10.7. The van der Waals surface area contributed by atoms with Crippen LogP contribution in [0.2, 0.25) is 10.0 Å². The summed E-state index contributed by atoms with van der Waals surface area (Å²) in [6.07, 6.45) is 3.05. The molecule has 6 nitrogen and oxygen atoms in total. The Labute approximate surface area is 129 Å². The molecule has 0 N–H and O–H groups in total. The summed E-state index contributed by atoms with van der Waals surface area (Å²) in [5.74, 6) is -0.690. The van der Waals surface area contributed by atoms with Crippen molar-refractivity contribution >= 4 is 40.2 Å². The van der Waals surface area contributed by atoms with Crippen molar-refractivity contribution in [3.8, 4) is 5.69 Å². The fourth-order valence-corrected chi connectivity index (χ4v) is 2.42. The zero-order chi connectivity index (χ0) is 15.0. The summed E-state index contributed by atoms with van der Waals surface area (Å²) in [6, 6.07) is 5.12. The molecule has 0 aliphatic rings. The first-order valence-corrected chi connectivity index (χ1v) is 6.61. The van der Waals surface area contributed by atoms with Crippen molar-refractivity contribution < 1.29 is 9.53 Å². The van der Waals surface area contributed by atoms with Crippen LogP contribution >= 0.6 is 23.2 Å². The van der Waals surface area contributed by atoms with Gasteiger partial charge in [0.25, 0.3) is 0 Å². The highest BCUT2D eigenvalue weighted by Crippen LogP contribution is 2.29. The summed E-state index contributed by atoms with van der Waals surface area (Å²) in [4.78, 5) is 19.6. The molecule has 0 spiro atoms. The molecule has 0 bridgehead atoms. The maximum absolute atomic E-state index is 11.5. The van der Waals surface area contributed by atoms with Crippen LogP contribution in [0.1, 0.15) is 10.6 Å². The van der Waals surface area contributed by atoms with Gasteiger partial charge >= 0.3 is 5.97 Å². The van der Waals surface area contributed by atoms with Gasteiger partial charge in [0.05, 0.1) is 28.7 Å². The quantitative estimate of drug-likeness (QED) is 0.678. The third-order valence-electron chi connectivity index (χ3n) is 2.83. The Bertz CT molecular complexity index is 827. The Kier molecular flexibility index (Phi) is 3.48. The third kappa shape index (κ3) is 2.32. The third-order valence-corrected chi connectivity index (χ3v) is 3.44. The molecule has 0 aliphatic carbocycles. The van der Waals surface area contributed by atoms with Gasteiger partial charge in [-0.3, -0.25) is 0 Å². The van der Waals surface area contributed by atoms with E-state index in [1.807, 2.05) is 0 Å². The molecule has 2 aromatic heterocycles. The molecule has 0 saturated heterocycles. The maximum Gasteiger partial charge on any atom is 0.376 e. The van der Waals surface area contributed by atoms with Gasteiger partial charge in [-0.2, -0.15) is 5.10 Å². The number of nitrogens with zero attached hydrogens (tertiary/aromatic N) is 4. The van der Waals surface area contributed by atoms with Gasteiger partial charge in [0.2, 0.25) is 5.82 Å². The number of aromatic nitrogens is 4. The Morgan fingerprint density at radius 1 is 1.24 bits per heavy atom. The van der Waals surface area contributed by atoms with Crippen LogP contribution in [0.4, 0.5) is 0 Å². The maximum atomic E-state index is 11.5. The molecule has 0 radical (unpaired) electrons. The molecular weight excluding hydrogens is 315 g/mol. The second kappa shape index (κ2) is 5.31. The molecule has 0 atom stereocenters. The lowest BCUT2D eigenvalue weighted by Crippen LogP contribution is -2.08. The van der Waals surface area contributed by atoms with E-state index >= 15 is 0 Å². The number of para-hydroxylation sites is 1. The van der Waals surface area contributed by atoms with Gasteiger partial charge in [0, 0.05) is 6.20 Å². The molecule has 3 rings (SSSR count). The van der Waals surface area contributed by atoms with Gasteiger partial charge in [-0.15, -0.1) is 0 Å². The number of hydrogen-bond acceptors (Lipinski definition) is 5. The largest absolute Gasteiger partial charge is 0.463 e. The second-order valence-electron chi connectivity index (χ2n) is 4.09. The summed E-state index contributed by atoms with van der Waals surface area (Å²) < 4.78 is 6.08. The van der Waals surface area contributed by atoms with Crippen LogP contribution in [0.25, 0.3) is 16.7 Å². The number of hydrogen-bond donors (Lipinski definition) is 0. The zero-order valence-corrected chi connectivity index (χ0v) is 12.3.